The van der Waals surface area contributed by atoms with Crippen LogP contribution in [0.25, 0.3) is 17.1 Å². The number of para-hydroxylation sites is 2. The van der Waals surface area contributed by atoms with Crippen molar-refractivity contribution in [1.29, 1.82) is 0 Å². The van der Waals surface area contributed by atoms with E-state index < -0.39 is 0 Å². The number of rotatable bonds is 14. The molecule has 0 saturated heterocycles. The molecule has 0 radical (unpaired) electrons. The Morgan fingerprint density at radius 2 is 1.77 bits per heavy atom. The van der Waals surface area contributed by atoms with E-state index >= 15 is 0 Å². The molecule has 0 bridgehead atoms. The molecule has 1 heterocycles. The lowest BCUT2D eigenvalue weighted by molar-refractivity contribution is 0.0953. The topological polar surface area (TPSA) is 74.6 Å². The third-order valence-electron chi connectivity index (χ3n) is 6.53. The standard InChI is InChI=1S/C32H37N3O4/c1-4-10-24-14-19-29(30(23-24)38-3)39-22-8-7-21-35-28-12-6-5-11-27(28)34-31(35)13-9-20-33-32(36)25-15-17-26(37-2)18-16-25/h4-6,10-12,14-19,23H,7-9,13,20-22H2,1-3H3,(H,33,36)/b10-4+. The summed E-state index contributed by atoms with van der Waals surface area (Å²) in [5.74, 6) is 3.19. The number of ether oxygens (including phenoxy) is 3. The van der Waals surface area contributed by atoms with Gasteiger partial charge >= 0.3 is 0 Å². The maximum atomic E-state index is 12.5. The molecule has 0 aliphatic heterocycles. The van der Waals surface area contributed by atoms with Crippen molar-refractivity contribution in [2.75, 3.05) is 27.4 Å². The number of amides is 1. The molecular weight excluding hydrogens is 490 g/mol. The molecule has 0 unspecified atom stereocenters. The maximum Gasteiger partial charge on any atom is 0.251 e. The van der Waals surface area contributed by atoms with E-state index in [4.69, 9.17) is 19.2 Å². The number of fused-ring (bicyclic) bond motifs is 1. The summed E-state index contributed by atoms with van der Waals surface area (Å²) < 4.78 is 19.0. The molecule has 0 saturated carbocycles. The number of benzene rings is 3. The Bertz CT molecular complexity index is 1390. The SMILES string of the molecule is C/C=C/c1ccc(OCCCCn2c(CCCNC(=O)c3ccc(OC)cc3)nc3ccccc32)c(OC)c1. The molecule has 204 valence electrons. The van der Waals surface area contributed by atoms with E-state index in [1.807, 2.05) is 55.5 Å². The Morgan fingerprint density at radius 3 is 2.54 bits per heavy atom. The van der Waals surface area contributed by atoms with Crippen molar-refractivity contribution in [3.8, 4) is 17.2 Å². The quantitative estimate of drug-likeness (QED) is 0.195. The summed E-state index contributed by atoms with van der Waals surface area (Å²) in [7, 11) is 3.27. The first kappa shape index (κ1) is 27.8. The van der Waals surface area contributed by atoms with Gasteiger partial charge in [-0.2, -0.15) is 0 Å². The van der Waals surface area contributed by atoms with Gasteiger partial charge in [-0.25, -0.2) is 4.98 Å². The third kappa shape index (κ3) is 7.41. The van der Waals surface area contributed by atoms with Crippen LogP contribution in [0.1, 0.15) is 47.9 Å². The summed E-state index contributed by atoms with van der Waals surface area (Å²) in [6.07, 6.45) is 7.49. The molecule has 4 rings (SSSR count). The van der Waals surface area contributed by atoms with Gasteiger partial charge in [0, 0.05) is 25.1 Å². The van der Waals surface area contributed by atoms with E-state index in [1.165, 1.54) is 0 Å². The van der Waals surface area contributed by atoms with Crippen LogP contribution in [-0.4, -0.2) is 42.8 Å². The first-order valence-electron chi connectivity index (χ1n) is 13.4. The highest BCUT2D eigenvalue weighted by Crippen LogP contribution is 2.29. The largest absolute Gasteiger partial charge is 0.497 e. The van der Waals surface area contributed by atoms with Crippen molar-refractivity contribution in [2.24, 2.45) is 0 Å². The molecular formula is C32H37N3O4. The molecule has 1 aromatic heterocycles. The minimum atomic E-state index is -0.0840. The maximum absolute atomic E-state index is 12.5. The van der Waals surface area contributed by atoms with Crippen molar-refractivity contribution in [3.05, 3.63) is 89.8 Å². The van der Waals surface area contributed by atoms with Crippen molar-refractivity contribution in [1.82, 2.24) is 14.9 Å². The highest BCUT2D eigenvalue weighted by Gasteiger charge is 2.11. The number of carbonyl (C=O) groups excluding carboxylic acids is 1. The Morgan fingerprint density at radius 1 is 0.949 bits per heavy atom. The Labute approximate surface area is 230 Å². The van der Waals surface area contributed by atoms with Gasteiger partial charge in [0.25, 0.3) is 5.91 Å². The Kier molecular flexibility index (Phi) is 10.0. The molecule has 39 heavy (non-hydrogen) atoms. The lowest BCUT2D eigenvalue weighted by Crippen LogP contribution is -2.25. The second kappa shape index (κ2) is 14.0. The van der Waals surface area contributed by atoms with Crippen LogP contribution < -0.4 is 19.5 Å². The van der Waals surface area contributed by atoms with Crippen LogP contribution in [0.2, 0.25) is 0 Å². The van der Waals surface area contributed by atoms with Crippen LogP contribution in [0.5, 0.6) is 17.2 Å². The Hall–Kier alpha value is -4.26. The number of imidazole rings is 1. The summed E-state index contributed by atoms with van der Waals surface area (Å²) in [6.45, 7) is 4.04. The smallest absolute Gasteiger partial charge is 0.251 e. The van der Waals surface area contributed by atoms with Gasteiger partial charge in [-0.15, -0.1) is 0 Å². The molecule has 0 aliphatic carbocycles. The van der Waals surface area contributed by atoms with Crippen molar-refractivity contribution >= 4 is 23.0 Å². The molecule has 1 N–H and O–H groups in total. The fourth-order valence-electron chi connectivity index (χ4n) is 4.51. The van der Waals surface area contributed by atoms with Gasteiger partial charge in [0.15, 0.2) is 11.5 Å². The van der Waals surface area contributed by atoms with Gasteiger partial charge < -0.3 is 24.1 Å². The number of allylic oxidation sites excluding steroid dienone is 1. The average Bonchev–Trinajstić information content (AvgIpc) is 3.32. The van der Waals surface area contributed by atoms with E-state index in [0.717, 1.165) is 71.9 Å². The number of hydrogen-bond donors (Lipinski definition) is 1. The van der Waals surface area contributed by atoms with Crippen LogP contribution in [0.4, 0.5) is 0 Å². The van der Waals surface area contributed by atoms with Crippen molar-refractivity contribution in [3.63, 3.8) is 0 Å². The second-order valence-electron chi connectivity index (χ2n) is 9.22. The minimum Gasteiger partial charge on any atom is -0.497 e. The number of hydrogen-bond acceptors (Lipinski definition) is 5. The number of aryl methyl sites for hydroxylation is 2. The molecule has 1 amide bonds. The molecule has 7 nitrogen and oxygen atoms in total. The van der Waals surface area contributed by atoms with Gasteiger partial charge in [-0.3, -0.25) is 4.79 Å². The van der Waals surface area contributed by atoms with E-state index in [-0.39, 0.29) is 5.91 Å². The van der Waals surface area contributed by atoms with E-state index in [1.54, 1.807) is 38.5 Å². The fourth-order valence-corrected chi connectivity index (χ4v) is 4.51. The molecule has 0 aliphatic rings. The highest BCUT2D eigenvalue weighted by molar-refractivity contribution is 5.94. The summed E-state index contributed by atoms with van der Waals surface area (Å²) in [5.41, 5.74) is 3.84. The summed E-state index contributed by atoms with van der Waals surface area (Å²) in [6, 6.07) is 21.3. The van der Waals surface area contributed by atoms with E-state index in [2.05, 4.69) is 16.0 Å². The zero-order chi connectivity index (χ0) is 27.5. The molecule has 4 aromatic rings. The van der Waals surface area contributed by atoms with Crippen LogP contribution >= 0.6 is 0 Å². The van der Waals surface area contributed by atoms with Gasteiger partial charge in [-0.1, -0.05) is 30.4 Å². The van der Waals surface area contributed by atoms with Gasteiger partial charge in [0.2, 0.25) is 0 Å². The van der Waals surface area contributed by atoms with Gasteiger partial charge in [-0.05, 0) is 80.3 Å². The predicted molar refractivity (Wildman–Crippen MR) is 156 cm³/mol. The number of unbranched alkanes of at least 4 members (excludes halogenated alkanes) is 1. The average molecular weight is 528 g/mol. The molecule has 7 heteroatoms. The van der Waals surface area contributed by atoms with E-state index in [0.29, 0.717) is 18.7 Å². The summed E-state index contributed by atoms with van der Waals surface area (Å²) in [4.78, 5) is 17.3. The van der Waals surface area contributed by atoms with Gasteiger partial charge in [0.1, 0.15) is 11.6 Å². The number of nitrogens with one attached hydrogen (secondary N) is 1. The van der Waals surface area contributed by atoms with Gasteiger partial charge in [0.05, 0.1) is 31.9 Å². The van der Waals surface area contributed by atoms with E-state index in [9.17, 15) is 4.79 Å². The zero-order valence-corrected chi connectivity index (χ0v) is 23.0. The van der Waals surface area contributed by atoms with Crippen LogP contribution in [0, 0.1) is 0 Å². The monoisotopic (exact) mass is 527 g/mol. The fraction of sp³-hybridized carbons (Fsp3) is 0.312. The number of carbonyl (C=O) groups is 1. The summed E-state index contributed by atoms with van der Waals surface area (Å²) >= 11 is 0. The third-order valence-corrected chi connectivity index (χ3v) is 6.53. The number of methoxy groups -OCH3 is 2. The minimum absolute atomic E-state index is 0.0840. The zero-order valence-electron chi connectivity index (χ0n) is 23.0. The molecule has 0 spiro atoms. The number of nitrogens with zero attached hydrogens (tertiary/aromatic N) is 2. The van der Waals surface area contributed by atoms with Crippen molar-refractivity contribution in [2.45, 2.75) is 39.2 Å². The first-order chi connectivity index (χ1) is 19.1. The molecule has 3 aromatic carbocycles. The predicted octanol–water partition coefficient (Wildman–Crippen LogP) is 6.31. The first-order valence-corrected chi connectivity index (χ1v) is 13.4. The van der Waals surface area contributed by atoms with Crippen molar-refractivity contribution < 1.29 is 19.0 Å². The number of aromatic nitrogens is 2. The summed E-state index contributed by atoms with van der Waals surface area (Å²) in [5, 5.41) is 3.01. The van der Waals surface area contributed by atoms with Crippen LogP contribution in [-0.2, 0) is 13.0 Å². The second-order valence-corrected chi connectivity index (χ2v) is 9.22. The molecule has 0 atom stereocenters. The molecule has 0 fully saturated rings. The normalized spacial score (nSPS) is 11.2. The van der Waals surface area contributed by atoms with Crippen LogP contribution in [0.15, 0.2) is 72.8 Å². The lowest BCUT2D eigenvalue weighted by Gasteiger charge is -2.12. The van der Waals surface area contributed by atoms with Crippen LogP contribution in [0.3, 0.4) is 0 Å². The highest BCUT2D eigenvalue weighted by atomic mass is 16.5. The Balaban J connectivity index is 1.29. The lowest BCUT2D eigenvalue weighted by atomic mass is 10.2.